The molecule has 2 bridgehead atoms. The Kier molecular flexibility index (Phi) is 5.85. The number of methoxy groups -OCH3 is 1. The van der Waals surface area contributed by atoms with E-state index in [0.29, 0.717) is 23.3 Å². The largest absolute Gasteiger partial charge is 0.468 e. The number of anilines is 1. The maximum absolute atomic E-state index is 12.5. The third kappa shape index (κ3) is 4.62. The summed E-state index contributed by atoms with van der Waals surface area (Å²) in [6.07, 6.45) is 7.14. The van der Waals surface area contributed by atoms with Gasteiger partial charge in [-0.3, -0.25) is 4.90 Å². The number of fused-ring (bicyclic) bond motifs is 2. The number of rotatable bonds is 5. The average Bonchev–Trinajstić information content (AvgIpc) is 3.21. The Morgan fingerprint density at radius 1 is 1.17 bits per heavy atom. The fraction of sp³-hybridized carbons (Fsp3) is 0.455. The summed E-state index contributed by atoms with van der Waals surface area (Å²) in [4.78, 5) is 26.7. The Balaban J connectivity index is 1.34. The Labute approximate surface area is 170 Å². The normalized spacial score (nSPS) is 24.0. The summed E-state index contributed by atoms with van der Waals surface area (Å²) in [6.45, 7) is 0.835. The zero-order valence-electron chi connectivity index (χ0n) is 16.6. The van der Waals surface area contributed by atoms with Gasteiger partial charge in [0.25, 0.3) is 0 Å². The molecular weight excluding hydrogens is 370 g/mol. The number of ether oxygens (including phenoxy) is 1. The third-order valence-electron chi connectivity index (χ3n) is 5.92. The number of hydrogen-bond donors (Lipinski definition) is 2. The minimum atomic E-state index is -0.425. The topological polar surface area (TPSA) is 83.8 Å². The molecule has 2 aliphatic heterocycles. The first kappa shape index (κ1) is 19.5. The van der Waals surface area contributed by atoms with Gasteiger partial charge < -0.3 is 19.8 Å². The van der Waals surface area contributed by atoms with Crippen LogP contribution in [0.4, 0.5) is 10.5 Å². The van der Waals surface area contributed by atoms with Crippen LogP contribution >= 0.6 is 0 Å². The molecule has 7 heteroatoms. The van der Waals surface area contributed by atoms with Crippen LogP contribution in [0.25, 0.3) is 0 Å². The first-order valence-electron chi connectivity index (χ1n) is 10.2. The lowest BCUT2D eigenvalue weighted by Crippen LogP contribution is -2.56. The molecule has 2 N–H and O–H groups in total. The second-order valence-electron chi connectivity index (χ2n) is 7.83. The predicted octanol–water partition coefficient (Wildman–Crippen LogP) is 3.77. The number of carbonyl (C=O) groups is 2. The minimum Gasteiger partial charge on any atom is -0.468 e. The van der Waals surface area contributed by atoms with Crippen LogP contribution < -0.4 is 10.6 Å². The number of benzene rings is 1. The summed E-state index contributed by atoms with van der Waals surface area (Å²) < 4.78 is 10.3. The van der Waals surface area contributed by atoms with Crippen molar-refractivity contribution in [3.63, 3.8) is 0 Å². The molecule has 4 rings (SSSR count). The molecule has 2 fully saturated rings. The maximum Gasteiger partial charge on any atom is 0.337 e. The number of nitrogens with one attached hydrogen (secondary N) is 2. The number of nitrogens with zero attached hydrogens (tertiary/aromatic N) is 1. The fourth-order valence-electron chi connectivity index (χ4n) is 4.63. The standard InChI is InChI=1S/C22H27N3O4/c1-28-21(26)15-5-2-6-16(11-15)23-22(27)24-17-12-18-7-3-8-19(13-17)25(18)14-20-9-4-10-29-20/h2,4-6,9-11,17-19H,3,7-8,12-14H2,1H3,(H2,23,24,27)/t17?,18-,19+. The van der Waals surface area contributed by atoms with E-state index in [0.717, 1.165) is 38.0 Å². The molecule has 7 nitrogen and oxygen atoms in total. The molecule has 1 unspecified atom stereocenters. The number of amides is 2. The molecule has 29 heavy (non-hydrogen) atoms. The van der Waals surface area contributed by atoms with E-state index < -0.39 is 5.97 Å². The van der Waals surface area contributed by atoms with Crippen molar-refractivity contribution in [3.05, 3.63) is 54.0 Å². The SMILES string of the molecule is COC(=O)c1cccc(NC(=O)NC2C[C@H]3CCC[C@@H](C2)N3Cc2ccco2)c1. The number of carbonyl (C=O) groups excluding carboxylic acids is 2. The molecule has 1 aromatic carbocycles. The van der Waals surface area contributed by atoms with E-state index in [1.807, 2.05) is 12.1 Å². The number of piperidine rings is 2. The lowest BCUT2D eigenvalue weighted by Gasteiger charge is -2.48. The van der Waals surface area contributed by atoms with Crippen molar-refractivity contribution in [2.24, 2.45) is 0 Å². The molecule has 1 aromatic heterocycles. The van der Waals surface area contributed by atoms with Crippen molar-refractivity contribution < 1.29 is 18.7 Å². The average molecular weight is 397 g/mol. The summed E-state index contributed by atoms with van der Waals surface area (Å²) in [5.41, 5.74) is 0.979. The zero-order chi connectivity index (χ0) is 20.2. The van der Waals surface area contributed by atoms with E-state index in [1.165, 1.54) is 13.5 Å². The summed E-state index contributed by atoms with van der Waals surface area (Å²) in [5.74, 6) is 0.572. The number of esters is 1. The van der Waals surface area contributed by atoms with Gasteiger partial charge in [0.05, 0.1) is 25.5 Å². The van der Waals surface area contributed by atoms with Crippen LogP contribution in [0, 0.1) is 0 Å². The van der Waals surface area contributed by atoms with E-state index in [1.54, 1.807) is 30.5 Å². The van der Waals surface area contributed by atoms with Crippen molar-refractivity contribution in [1.29, 1.82) is 0 Å². The van der Waals surface area contributed by atoms with Gasteiger partial charge in [0.1, 0.15) is 5.76 Å². The van der Waals surface area contributed by atoms with Gasteiger partial charge >= 0.3 is 12.0 Å². The lowest BCUT2D eigenvalue weighted by molar-refractivity contribution is 0.0150. The van der Waals surface area contributed by atoms with Gasteiger partial charge in [-0.1, -0.05) is 12.5 Å². The van der Waals surface area contributed by atoms with Gasteiger partial charge in [0.2, 0.25) is 0 Å². The van der Waals surface area contributed by atoms with Crippen LogP contribution in [0.2, 0.25) is 0 Å². The summed E-state index contributed by atoms with van der Waals surface area (Å²) >= 11 is 0. The molecule has 2 aliphatic rings. The van der Waals surface area contributed by atoms with E-state index >= 15 is 0 Å². The molecule has 0 spiro atoms. The molecule has 0 saturated carbocycles. The lowest BCUT2D eigenvalue weighted by atomic mass is 9.81. The van der Waals surface area contributed by atoms with Crippen molar-refractivity contribution in [2.75, 3.05) is 12.4 Å². The summed E-state index contributed by atoms with van der Waals surface area (Å²) in [7, 11) is 1.34. The van der Waals surface area contributed by atoms with Crippen molar-refractivity contribution in [3.8, 4) is 0 Å². The zero-order valence-corrected chi connectivity index (χ0v) is 16.6. The first-order valence-corrected chi connectivity index (χ1v) is 10.2. The Bertz CT molecular complexity index is 838. The molecule has 2 saturated heterocycles. The van der Waals surface area contributed by atoms with Gasteiger partial charge in [-0.05, 0) is 56.0 Å². The van der Waals surface area contributed by atoms with Crippen LogP contribution in [0.5, 0.6) is 0 Å². The van der Waals surface area contributed by atoms with E-state index in [4.69, 9.17) is 9.15 Å². The second kappa shape index (κ2) is 8.69. The van der Waals surface area contributed by atoms with Crippen molar-refractivity contribution in [1.82, 2.24) is 10.2 Å². The molecule has 3 atom stereocenters. The highest BCUT2D eigenvalue weighted by molar-refractivity contribution is 5.93. The van der Waals surface area contributed by atoms with Gasteiger partial charge in [-0.25, -0.2) is 9.59 Å². The van der Waals surface area contributed by atoms with Crippen LogP contribution in [0.1, 0.15) is 48.2 Å². The predicted molar refractivity (Wildman–Crippen MR) is 109 cm³/mol. The van der Waals surface area contributed by atoms with E-state index in [2.05, 4.69) is 15.5 Å². The molecule has 154 valence electrons. The number of urea groups is 1. The van der Waals surface area contributed by atoms with E-state index in [-0.39, 0.29) is 12.1 Å². The molecule has 0 radical (unpaired) electrons. The quantitative estimate of drug-likeness (QED) is 0.751. The molecule has 2 aromatic rings. The number of furan rings is 1. The Hall–Kier alpha value is -2.80. The van der Waals surface area contributed by atoms with Gasteiger partial charge in [0.15, 0.2) is 0 Å². The third-order valence-corrected chi connectivity index (χ3v) is 5.92. The van der Waals surface area contributed by atoms with Crippen LogP contribution in [0.3, 0.4) is 0 Å². The fourth-order valence-corrected chi connectivity index (χ4v) is 4.63. The molecule has 3 heterocycles. The van der Waals surface area contributed by atoms with Crippen molar-refractivity contribution >= 4 is 17.7 Å². The highest BCUT2D eigenvalue weighted by atomic mass is 16.5. The highest BCUT2D eigenvalue weighted by Gasteiger charge is 2.38. The van der Waals surface area contributed by atoms with Crippen LogP contribution in [-0.4, -0.2) is 42.1 Å². The highest BCUT2D eigenvalue weighted by Crippen LogP contribution is 2.35. The molecule has 0 aliphatic carbocycles. The maximum atomic E-state index is 12.5. The van der Waals surface area contributed by atoms with Crippen LogP contribution in [-0.2, 0) is 11.3 Å². The summed E-state index contributed by atoms with van der Waals surface area (Å²) in [6, 6.07) is 11.5. The number of hydrogen-bond acceptors (Lipinski definition) is 5. The molecular formula is C22H27N3O4. The van der Waals surface area contributed by atoms with Crippen molar-refractivity contribution in [2.45, 2.75) is 56.8 Å². The first-order chi connectivity index (χ1) is 14.1. The smallest absolute Gasteiger partial charge is 0.337 e. The molecule has 2 amide bonds. The second-order valence-corrected chi connectivity index (χ2v) is 7.83. The van der Waals surface area contributed by atoms with Gasteiger partial charge in [0, 0.05) is 23.8 Å². The monoisotopic (exact) mass is 397 g/mol. The van der Waals surface area contributed by atoms with Gasteiger partial charge in [-0.2, -0.15) is 0 Å². The minimum absolute atomic E-state index is 0.141. The Morgan fingerprint density at radius 3 is 2.66 bits per heavy atom. The summed E-state index contributed by atoms with van der Waals surface area (Å²) in [5, 5.41) is 5.96. The van der Waals surface area contributed by atoms with E-state index in [9.17, 15) is 9.59 Å². The van der Waals surface area contributed by atoms with Crippen LogP contribution in [0.15, 0.2) is 47.1 Å². The Morgan fingerprint density at radius 2 is 1.97 bits per heavy atom. The van der Waals surface area contributed by atoms with Gasteiger partial charge in [-0.15, -0.1) is 0 Å².